The van der Waals surface area contributed by atoms with E-state index in [0.717, 1.165) is 54.1 Å². The Bertz CT molecular complexity index is 1400. The van der Waals surface area contributed by atoms with Crippen molar-refractivity contribution < 1.29 is 9.47 Å². The number of rotatable bonds is 6. The minimum absolute atomic E-state index is 0.0739. The number of H-pyrrole nitrogens is 1. The predicted molar refractivity (Wildman–Crippen MR) is 139 cm³/mol. The Labute approximate surface area is 205 Å². The lowest BCUT2D eigenvalue weighted by Gasteiger charge is -2.28. The molecule has 3 heterocycles. The normalized spacial score (nSPS) is 14.8. The van der Waals surface area contributed by atoms with Gasteiger partial charge in [-0.15, -0.1) is 0 Å². The molecular weight excluding hydrogens is 440 g/mol. The van der Waals surface area contributed by atoms with E-state index in [0.29, 0.717) is 22.7 Å². The molecule has 1 aliphatic heterocycles. The fraction of sp³-hybridized carbons (Fsp3) is 0.357. The molecule has 4 aromatic rings. The Hall–Kier alpha value is -3.74. The number of ether oxygens (including phenoxy) is 2. The van der Waals surface area contributed by atoms with Gasteiger partial charge >= 0.3 is 0 Å². The highest BCUT2D eigenvalue weighted by molar-refractivity contribution is 5.86. The van der Waals surface area contributed by atoms with Crippen molar-refractivity contribution in [1.29, 1.82) is 0 Å². The Morgan fingerprint density at radius 3 is 2.37 bits per heavy atom. The third kappa shape index (κ3) is 4.05. The van der Waals surface area contributed by atoms with E-state index >= 15 is 0 Å². The number of hydrogen-bond acceptors (Lipinski definition) is 5. The zero-order valence-electron chi connectivity index (χ0n) is 20.8. The van der Waals surface area contributed by atoms with Crippen molar-refractivity contribution >= 4 is 11.3 Å². The van der Waals surface area contributed by atoms with E-state index in [1.807, 2.05) is 50.2 Å². The first-order valence-electron chi connectivity index (χ1n) is 12.2. The monoisotopic (exact) mass is 472 g/mol. The lowest BCUT2D eigenvalue weighted by molar-refractivity contribution is 0.354. The summed E-state index contributed by atoms with van der Waals surface area (Å²) in [6, 6.07) is 16.0. The summed E-state index contributed by atoms with van der Waals surface area (Å²) in [4.78, 5) is 21.3. The molecule has 35 heavy (non-hydrogen) atoms. The van der Waals surface area contributed by atoms with Crippen LogP contribution in [-0.4, -0.2) is 41.9 Å². The van der Waals surface area contributed by atoms with Gasteiger partial charge in [0.1, 0.15) is 5.69 Å². The predicted octanol–water partition coefficient (Wildman–Crippen LogP) is 5.16. The average molecular weight is 473 g/mol. The molecule has 0 aliphatic carbocycles. The lowest BCUT2D eigenvalue weighted by Crippen LogP contribution is -2.30. The van der Waals surface area contributed by atoms with Gasteiger partial charge < -0.3 is 14.4 Å². The lowest BCUT2D eigenvalue weighted by atomic mass is 9.92. The third-order valence-electron chi connectivity index (χ3n) is 7.06. The second-order valence-electron chi connectivity index (χ2n) is 9.16. The van der Waals surface area contributed by atoms with Crippen molar-refractivity contribution in [2.75, 3.05) is 32.2 Å². The SMILES string of the molecule is COc1ccc([C@H](C)c2c(C)nc3c(N4CCCCC4)c(-c4ccccc4)[nH]n3c2=O)cc1OC. The van der Waals surface area contributed by atoms with Gasteiger partial charge in [-0.05, 0) is 43.9 Å². The highest BCUT2D eigenvalue weighted by Crippen LogP contribution is 2.36. The van der Waals surface area contributed by atoms with E-state index in [4.69, 9.17) is 14.5 Å². The van der Waals surface area contributed by atoms with Gasteiger partial charge in [0.05, 0.1) is 19.9 Å². The zero-order chi connectivity index (χ0) is 24.5. The summed E-state index contributed by atoms with van der Waals surface area (Å²) in [5.41, 5.74) is 6.00. The summed E-state index contributed by atoms with van der Waals surface area (Å²) >= 11 is 0. The van der Waals surface area contributed by atoms with Crippen LogP contribution in [0.4, 0.5) is 5.69 Å². The van der Waals surface area contributed by atoms with Crippen LogP contribution in [0.5, 0.6) is 11.5 Å². The molecule has 0 radical (unpaired) electrons. The molecule has 1 N–H and O–H groups in total. The van der Waals surface area contributed by atoms with Crippen LogP contribution in [0.3, 0.4) is 0 Å². The standard InChI is InChI=1S/C28H32N4O3/c1-18(21-13-14-22(34-3)23(17-21)35-4)24-19(2)29-27-26(31-15-9-6-10-16-31)25(30-32(27)28(24)33)20-11-7-5-8-12-20/h5,7-8,11-14,17-18,30H,6,9-10,15-16H2,1-4H3/t18-/m0/s1. The summed E-state index contributed by atoms with van der Waals surface area (Å²) in [7, 11) is 3.23. The van der Waals surface area contributed by atoms with Crippen LogP contribution in [0.2, 0.25) is 0 Å². The molecule has 7 nitrogen and oxygen atoms in total. The number of aryl methyl sites for hydroxylation is 1. The molecule has 1 saturated heterocycles. The fourth-order valence-corrected chi connectivity index (χ4v) is 5.19. The van der Waals surface area contributed by atoms with Crippen LogP contribution in [0.25, 0.3) is 16.9 Å². The molecule has 0 bridgehead atoms. The largest absolute Gasteiger partial charge is 0.493 e. The Morgan fingerprint density at radius 1 is 0.971 bits per heavy atom. The van der Waals surface area contributed by atoms with Gasteiger partial charge in [0.25, 0.3) is 5.56 Å². The third-order valence-corrected chi connectivity index (χ3v) is 7.06. The van der Waals surface area contributed by atoms with Gasteiger partial charge in [0.2, 0.25) is 0 Å². The molecule has 7 heteroatoms. The quantitative estimate of drug-likeness (QED) is 0.420. The number of methoxy groups -OCH3 is 2. The number of nitrogens with zero attached hydrogens (tertiary/aromatic N) is 3. The minimum atomic E-state index is -0.173. The van der Waals surface area contributed by atoms with Crippen LogP contribution in [0, 0.1) is 6.92 Å². The number of anilines is 1. The van der Waals surface area contributed by atoms with Crippen molar-refractivity contribution in [3.05, 3.63) is 75.7 Å². The number of hydrogen-bond donors (Lipinski definition) is 1. The van der Waals surface area contributed by atoms with Crippen LogP contribution < -0.4 is 19.9 Å². The van der Waals surface area contributed by atoms with E-state index in [1.165, 1.54) is 6.42 Å². The van der Waals surface area contributed by atoms with Crippen molar-refractivity contribution in [3.8, 4) is 22.8 Å². The first-order valence-corrected chi connectivity index (χ1v) is 12.2. The summed E-state index contributed by atoms with van der Waals surface area (Å²) in [5.74, 6) is 1.13. The van der Waals surface area contributed by atoms with E-state index in [1.54, 1.807) is 18.7 Å². The van der Waals surface area contributed by atoms with Crippen molar-refractivity contribution in [1.82, 2.24) is 14.6 Å². The molecule has 1 fully saturated rings. The Morgan fingerprint density at radius 2 is 1.69 bits per heavy atom. The Kier molecular flexibility index (Phi) is 6.24. The summed E-state index contributed by atoms with van der Waals surface area (Å²) in [5, 5.41) is 3.42. The molecule has 5 rings (SSSR count). The van der Waals surface area contributed by atoms with Crippen LogP contribution in [0.1, 0.15) is 48.9 Å². The molecule has 1 atom stereocenters. The molecule has 1 aliphatic rings. The van der Waals surface area contributed by atoms with Gasteiger partial charge in [-0.3, -0.25) is 9.89 Å². The van der Waals surface area contributed by atoms with E-state index in [2.05, 4.69) is 22.1 Å². The molecule has 0 amide bonds. The highest BCUT2D eigenvalue weighted by atomic mass is 16.5. The smallest absolute Gasteiger partial charge is 0.276 e. The van der Waals surface area contributed by atoms with Crippen molar-refractivity contribution in [2.45, 2.75) is 39.0 Å². The molecule has 2 aromatic heterocycles. The van der Waals surface area contributed by atoms with Gasteiger partial charge in [0.15, 0.2) is 17.1 Å². The van der Waals surface area contributed by atoms with Gasteiger partial charge in [0, 0.05) is 35.8 Å². The highest BCUT2D eigenvalue weighted by Gasteiger charge is 2.26. The summed E-state index contributed by atoms with van der Waals surface area (Å²) in [6.45, 7) is 5.90. The summed E-state index contributed by atoms with van der Waals surface area (Å²) < 4.78 is 12.5. The van der Waals surface area contributed by atoms with Crippen LogP contribution in [0.15, 0.2) is 53.3 Å². The molecule has 182 valence electrons. The molecule has 2 aromatic carbocycles. The number of benzene rings is 2. The second kappa shape index (κ2) is 9.49. The second-order valence-corrected chi connectivity index (χ2v) is 9.16. The number of nitrogens with one attached hydrogen (secondary N) is 1. The molecule has 0 spiro atoms. The van der Waals surface area contributed by atoms with Gasteiger partial charge in [-0.1, -0.05) is 43.3 Å². The number of aromatic nitrogens is 3. The Balaban J connectivity index is 1.69. The fourth-order valence-electron chi connectivity index (χ4n) is 5.19. The van der Waals surface area contributed by atoms with Crippen LogP contribution >= 0.6 is 0 Å². The average Bonchev–Trinajstić information content (AvgIpc) is 3.28. The number of piperidine rings is 1. The number of aromatic amines is 1. The van der Waals surface area contributed by atoms with Gasteiger partial charge in [-0.2, -0.15) is 4.52 Å². The first-order chi connectivity index (χ1) is 17.0. The topological polar surface area (TPSA) is 71.9 Å². The van der Waals surface area contributed by atoms with E-state index in [-0.39, 0.29) is 11.5 Å². The molecule has 0 saturated carbocycles. The van der Waals surface area contributed by atoms with E-state index < -0.39 is 0 Å². The maximum Gasteiger partial charge on any atom is 0.276 e. The minimum Gasteiger partial charge on any atom is -0.493 e. The van der Waals surface area contributed by atoms with Crippen molar-refractivity contribution in [2.24, 2.45) is 0 Å². The van der Waals surface area contributed by atoms with Crippen LogP contribution in [-0.2, 0) is 0 Å². The van der Waals surface area contributed by atoms with E-state index in [9.17, 15) is 4.79 Å². The first kappa shape index (κ1) is 23.0. The van der Waals surface area contributed by atoms with Crippen molar-refractivity contribution in [3.63, 3.8) is 0 Å². The molecule has 0 unspecified atom stereocenters. The van der Waals surface area contributed by atoms with Gasteiger partial charge in [-0.25, -0.2) is 4.98 Å². The zero-order valence-corrected chi connectivity index (χ0v) is 20.8. The number of fused-ring (bicyclic) bond motifs is 1. The maximum absolute atomic E-state index is 13.9. The molecular formula is C28H32N4O3. The summed E-state index contributed by atoms with van der Waals surface area (Å²) in [6.07, 6.45) is 3.52. The maximum atomic E-state index is 13.9.